The topological polar surface area (TPSA) is 70.5 Å². The van der Waals surface area contributed by atoms with E-state index in [9.17, 15) is 9.59 Å². The summed E-state index contributed by atoms with van der Waals surface area (Å²) in [4.78, 5) is 28.1. The summed E-state index contributed by atoms with van der Waals surface area (Å²) in [5.74, 6) is -1.39. The number of amides is 1. The summed E-state index contributed by atoms with van der Waals surface area (Å²) in [5, 5.41) is 9.05. The van der Waals surface area contributed by atoms with E-state index in [2.05, 4.69) is 4.98 Å². The van der Waals surface area contributed by atoms with Gasteiger partial charge < -0.3 is 10.0 Å². The zero-order chi connectivity index (χ0) is 13.7. The second kappa shape index (κ2) is 6.35. The number of carboxylic acids is 1. The fourth-order valence-electron chi connectivity index (χ4n) is 1.50. The summed E-state index contributed by atoms with van der Waals surface area (Å²) in [5.41, 5.74) is 0.344. The first-order valence-corrected chi connectivity index (χ1v) is 5.97. The van der Waals surface area contributed by atoms with Gasteiger partial charge in [-0.3, -0.25) is 9.59 Å². The Hall–Kier alpha value is -1.62. The molecule has 5 nitrogen and oxygen atoms in total. The van der Waals surface area contributed by atoms with Crippen molar-refractivity contribution < 1.29 is 14.7 Å². The van der Waals surface area contributed by atoms with Crippen LogP contribution in [0.5, 0.6) is 0 Å². The Labute approximate surface area is 110 Å². The van der Waals surface area contributed by atoms with Crippen molar-refractivity contribution in [2.75, 3.05) is 6.54 Å². The maximum atomic E-state index is 12.2. The number of halogens is 1. The van der Waals surface area contributed by atoms with Crippen molar-refractivity contribution in [1.29, 1.82) is 0 Å². The average molecular weight is 271 g/mol. The number of carbonyl (C=O) groups is 2. The van der Waals surface area contributed by atoms with Gasteiger partial charge in [-0.2, -0.15) is 0 Å². The van der Waals surface area contributed by atoms with Crippen molar-refractivity contribution in [3.63, 3.8) is 0 Å². The van der Waals surface area contributed by atoms with Crippen LogP contribution in [0.25, 0.3) is 0 Å². The van der Waals surface area contributed by atoms with Gasteiger partial charge in [-0.1, -0.05) is 18.5 Å². The van der Waals surface area contributed by atoms with Crippen molar-refractivity contribution in [3.05, 3.63) is 29.0 Å². The smallest absolute Gasteiger partial charge is 0.323 e. The minimum Gasteiger partial charge on any atom is -0.480 e. The molecule has 0 bridgehead atoms. The molecule has 1 unspecified atom stereocenters. The molecule has 6 heteroatoms. The van der Waals surface area contributed by atoms with Gasteiger partial charge in [-0.25, -0.2) is 4.98 Å². The average Bonchev–Trinajstić information content (AvgIpc) is 2.34. The van der Waals surface area contributed by atoms with Crippen molar-refractivity contribution in [2.45, 2.75) is 26.3 Å². The minimum atomic E-state index is -1.04. The normalized spacial score (nSPS) is 11.9. The van der Waals surface area contributed by atoms with E-state index in [1.54, 1.807) is 0 Å². The maximum absolute atomic E-state index is 12.2. The molecule has 98 valence electrons. The number of aliphatic carboxylic acids is 1. The lowest BCUT2D eigenvalue weighted by Gasteiger charge is -2.26. The third kappa shape index (κ3) is 3.70. The highest BCUT2D eigenvalue weighted by atomic mass is 35.5. The predicted molar refractivity (Wildman–Crippen MR) is 67.7 cm³/mol. The zero-order valence-corrected chi connectivity index (χ0v) is 11.0. The fraction of sp³-hybridized carbons (Fsp3) is 0.417. The Kier molecular flexibility index (Phi) is 5.09. The van der Waals surface area contributed by atoms with E-state index in [4.69, 9.17) is 16.7 Å². The van der Waals surface area contributed by atoms with Crippen LogP contribution < -0.4 is 0 Å². The number of rotatable bonds is 5. The molecule has 0 aromatic carbocycles. The molecule has 1 aromatic heterocycles. The number of carbonyl (C=O) groups excluding carboxylic acids is 1. The van der Waals surface area contributed by atoms with Crippen LogP contribution in [-0.4, -0.2) is 39.5 Å². The molecule has 1 heterocycles. The van der Waals surface area contributed by atoms with Crippen molar-refractivity contribution in [1.82, 2.24) is 9.88 Å². The summed E-state index contributed by atoms with van der Waals surface area (Å²) < 4.78 is 0. The van der Waals surface area contributed by atoms with Gasteiger partial charge in [-0.15, -0.1) is 0 Å². The lowest BCUT2D eigenvalue weighted by molar-refractivity contribution is -0.138. The molecule has 0 radical (unpaired) electrons. The summed E-state index contributed by atoms with van der Waals surface area (Å²) >= 11 is 5.71. The SMILES string of the molecule is CCC(C)N(CC(=O)O)C(=O)c1ccnc(Cl)c1. The van der Waals surface area contributed by atoms with E-state index in [1.807, 2.05) is 13.8 Å². The lowest BCUT2D eigenvalue weighted by Crippen LogP contribution is -2.41. The quantitative estimate of drug-likeness (QED) is 0.832. The Morgan fingerprint density at radius 1 is 1.56 bits per heavy atom. The standard InChI is InChI=1S/C12H15ClN2O3/c1-3-8(2)15(7-11(16)17)12(18)9-4-5-14-10(13)6-9/h4-6,8H,3,7H2,1-2H3,(H,16,17). The molecule has 0 aliphatic rings. The van der Waals surface area contributed by atoms with Gasteiger partial charge in [0.15, 0.2) is 0 Å². The van der Waals surface area contributed by atoms with E-state index in [-0.39, 0.29) is 23.6 Å². The fourth-order valence-corrected chi connectivity index (χ4v) is 1.67. The van der Waals surface area contributed by atoms with Crippen molar-refractivity contribution >= 4 is 23.5 Å². The molecule has 1 aromatic rings. The molecule has 1 rings (SSSR count). The van der Waals surface area contributed by atoms with E-state index >= 15 is 0 Å². The highest BCUT2D eigenvalue weighted by molar-refractivity contribution is 6.29. The first-order valence-electron chi connectivity index (χ1n) is 5.60. The second-order valence-electron chi connectivity index (χ2n) is 3.95. The van der Waals surface area contributed by atoms with Crippen LogP contribution in [0.15, 0.2) is 18.3 Å². The molecule has 0 fully saturated rings. The first kappa shape index (κ1) is 14.4. The number of hydrogen-bond acceptors (Lipinski definition) is 3. The van der Waals surface area contributed by atoms with Crippen molar-refractivity contribution in [3.8, 4) is 0 Å². The van der Waals surface area contributed by atoms with Crippen LogP contribution in [0.3, 0.4) is 0 Å². The highest BCUT2D eigenvalue weighted by Crippen LogP contribution is 2.13. The molecule has 0 aliphatic heterocycles. The Balaban J connectivity index is 2.98. The summed E-state index contributed by atoms with van der Waals surface area (Å²) in [6, 6.07) is 2.80. The third-order valence-electron chi connectivity index (χ3n) is 2.66. The summed E-state index contributed by atoms with van der Waals surface area (Å²) in [7, 11) is 0. The van der Waals surface area contributed by atoms with Crippen LogP contribution in [0.1, 0.15) is 30.6 Å². The Morgan fingerprint density at radius 3 is 2.72 bits per heavy atom. The van der Waals surface area contributed by atoms with E-state index in [0.29, 0.717) is 12.0 Å². The van der Waals surface area contributed by atoms with Crippen LogP contribution in [0.4, 0.5) is 0 Å². The van der Waals surface area contributed by atoms with Crippen LogP contribution >= 0.6 is 11.6 Å². The lowest BCUT2D eigenvalue weighted by atomic mass is 10.1. The molecule has 1 atom stereocenters. The number of nitrogens with zero attached hydrogens (tertiary/aromatic N) is 2. The molecule has 1 N–H and O–H groups in total. The number of aromatic nitrogens is 1. The number of pyridine rings is 1. The van der Waals surface area contributed by atoms with Crippen LogP contribution in [-0.2, 0) is 4.79 Å². The van der Waals surface area contributed by atoms with Crippen LogP contribution in [0.2, 0.25) is 5.15 Å². The van der Waals surface area contributed by atoms with E-state index in [1.165, 1.54) is 23.2 Å². The van der Waals surface area contributed by atoms with Gasteiger partial charge in [0, 0.05) is 17.8 Å². The molecule has 0 saturated heterocycles. The first-order chi connectivity index (χ1) is 8.45. The summed E-state index contributed by atoms with van der Waals surface area (Å²) in [6.45, 7) is 3.38. The Morgan fingerprint density at radius 2 is 2.22 bits per heavy atom. The molecule has 0 aliphatic carbocycles. The van der Waals surface area contributed by atoms with E-state index in [0.717, 1.165) is 0 Å². The van der Waals surface area contributed by atoms with Gasteiger partial charge in [0.25, 0.3) is 5.91 Å². The molecule has 1 amide bonds. The van der Waals surface area contributed by atoms with Crippen LogP contribution in [0, 0.1) is 0 Å². The molecular weight excluding hydrogens is 256 g/mol. The highest BCUT2D eigenvalue weighted by Gasteiger charge is 2.22. The zero-order valence-electron chi connectivity index (χ0n) is 10.3. The summed E-state index contributed by atoms with van der Waals surface area (Å²) in [6.07, 6.45) is 2.10. The molecular formula is C12H15ClN2O3. The maximum Gasteiger partial charge on any atom is 0.323 e. The van der Waals surface area contributed by atoms with Gasteiger partial charge in [0.2, 0.25) is 0 Å². The minimum absolute atomic E-state index is 0.152. The third-order valence-corrected chi connectivity index (χ3v) is 2.87. The van der Waals surface area contributed by atoms with Gasteiger partial charge >= 0.3 is 5.97 Å². The molecule has 0 saturated carbocycles. The predicted octanol–water partition coefficient (Wildman–Crippen LogP) is 2.06. The van der Waals surface area contributed by atoms with E-state index < -0.39 is 5.97 Å². The van der Waals surface area contributed by atoms with Gasteiger partial charge in [-0.05, 0) is 25.5 Å². The number of hydrogen-bond donors (Lipinski definition) is 1. The van der Waals surface area contributed by atoms with Gasteiger partial charge in [0.1, 0.15) is 11.7 Å². The van der Waals surface area contributed by atoms with Gasteiger partial charge in [0.05, 0.1) is 0 Å². The van der Waals surface area contributed by atoms with Crippen molar-refractivity contribution in [2.24, 2.45) is 0 Å². The molecule has 0 spiro atoms. The number of carboxylic acid groups (broad SMARTS) is 1. The Bertz CT molecular complexity index is 451. The molecule has 18 heavy (non-hydrogen) atoms. The monoisotopic (exact) mass is 270 g/mol. The second-order valence-corrected chi connectivity index (χ2v) is 4.34. The largest absolute Gasteiger partial charge is 0.480 e.